The Kier molecular flexibility index (Phi) is 9.10. The van der Waals surface area contributed by atoms with Gasteiger partial charge in [-0.1, -0.05) is 23.7 Å². The van der Waals surface area contributed by atoms with Gasteiger partial charge in [0.15, 0.2) is 0 Å². The third kappa shape index (κ3) is 6.60. The number of carbonyl (C=O) groups is 2. The third-order valence-corrected chi connectivity index (χ3v) is 8.77. The molecule has 2 heterocycles. The molecule has 1 N–H and O–H groups in total. The summed E-state index contributed by atoms with van der Waals surface area (Å²) in [7, 11) is 0. The fraction of sp³-hybridized carbons (Fsp3) is 0.548. The van der Waals surface area contributed by atoms with Crippen molar-refractivity contribution >= 4 is 29.1 Å². The van der Waals surface area contributed by atoms with E-state index in [-0.39, 0.29) is 35.2 Å². The number of halogens is 3. The van der Waals surface area contributed by atoms with Crippen LogP contribution in [0.5, 0.6) is 0 Å². The summed E-state index contributed by atoms with van der Waals surface area (Å²) in [5.41, 5.74) is 3.15. The second-order valence-electron chi connectivity index (χ2n) is 12.2. The molecule has 218 valence electrons. The molecule has 0 aromatic heterocycles. The maximum absolute atomic E-state index is 15.0. The van der Waals surface area contributed by atoms with Crippen LogP contribution in [0.1, 0.15) is 69.7 Å². The molecular formula is C31H41ClF2N4O2. The van der Waals surface area contributed by atoms with E-state index in [1.165, 1.54) is 19.1 Å². The largest absolute Gasteiger partial charge is 0.368 e. The number of benzene rings is 2. The van der Waals surface area contributed by atoms with E-state index < -0.39 is 11.6 Å². The van der Waals surface area contributed by atoms with E-state index in [9.17, 15) is 18.4 Å². The van der Waals surface area contributed by atoms with Crippen molar-refractivity contribution in [3.05, 3.63) is 63.7 Å². The number of piperidine rings is 1. The molecule has 9 heteroatoms. The lowest BCUT2D eigenvalue weighted by Gasteiger charge is -2.46. The number of aryl methyl sites for hydroxylation is 1. The minimum atomic E-state index is -0.618. The second-order valence-corrected chi connectivity index (χ2v) is 12.6. The van der Waals surface area contributed by atoms with Gasteiger partial charge in [0.25, 0.3) is 0 Å². The molecule has 40 heavy (non-hydrogen) atoms. The van der Waals surface area contributed by atoms with Crippen LogP contribution < -0.4 is 10.2 Å². The van der Waals surface area contributed by atoms with Crippen LogP contribution in [-0.4, -0.2) is 66.4 Å². The Hall–Kier alpha value is -2.71. The van der Waals surface area contributed by atoms with Gasteiger partial charge in [0, 0.05) is 73.8 Å². The van der Waals surface area contributed by atoms with Crippen molar-refractivity contribution in [2.24, 2.45) is 5.92 Å². The summed E-state index contributed by atoms with van der Waals surface area (Å²) in [6.45, 7) is 15.3. The highest BCUT2D eigenvalue weighted by molar-refractivity contribution is 6.31. The second kappa shape index (κ2) is 12.0. The molecule has 2 aromatic carbocycles. The maximum Gasteiger partial charge on any atom is 0.226 e. The molecule has 0 bridgehead atoms. The highest BCUT2D eigenvalue weighted by Gasteiger charge is 2.41. The molecule has 4 rings (SSSR count). The number of amides is 2. The fourth-order valence-corrected chi connectivity index (χ4v) is 6.23. The van der Waals surface area contributed by atoms with Gasteiger partial charge in [0.1, 0.15) is 11.6 Å². The monoisotopic (exact) mass is 574 g/mol. The van der Waals surface area contributed by atoms with E-state index in [2.05, 4.69) is 35.9 Å². The molecule has 2 saturated heterocycles. The Labute approximate surface area is 241 Å². The summed E-state index contributed by atoms with van der Waals surface area (Å²) >= 11 is 6.50. The van der Waals surface area contributed by atoms with Gasteiger partial charge < -0.3 is 15.1 Å². The zero-order valence-electron chi connectivity index (χ0n) is 24.4. The average Bonchev–Trinajstić information content (AvgIpc) is 2.88. The molecule has 2 fully saturated rings. The van der Waals surface area contributed by atoms with Crippen molar-refractivity contribution in [2.75, 3.05) is 44.2 Å². The molecule has 0 radical (unpaired) electrons. The van der Waals surface area contributed by atoms with Gasteiger partial charge in [-0.05, 0) is 76.4 Å². The van der Waals surface area contributed by atoms with Crippen molar-refractivity contribution in [1.29, 1.82) is 0 Å². The van der Waals surface area contributed by atoms with Crippen LogP contribution in [-0.2, 0) is 9.59 Å². The number of piperazine rings is 1. The molecular weight excluding hydrogens is 534 g/mol. The Balaban J connectivity index is 1.53. The van der Waals surface area contributed by atoms with Crippen molar-refractivity contribution in [3.63, 3.8) is 0 Å². The molecule has 2 aromatic rings. The van der Waals surface area contributed by atoms with Crippen molar-refractivity contribution < 1.29 is 18.4 Å². The molecule has 6 nitrogen and oxygen atoms in total. The SMILES string of the molecule is CC(=O)NC(C)c1cc(C)c(Cl)cc1N1CCN(C(=O)[C@@H]2CCN(C(C)(C)C)C[C@H]2c2ccc(F)cc2F)CC1. The van der Waals surface area contributed by atoms with Gasteiger partial charge in [-0.3, -0.25) is 14.5 Å². The molecule has 1 unspecified atom stereocenters. The van der Waals surface area contributed by atoms with Gasteiger partial charge in [0.05, 0.1) is 6.04 Å². The lowest BCUT2D eigenvalue weighted by atomic mass is 9.78. The summed E-state index contributed by atoms with van der Waals surface area (Å²) in [5.74, 6) is -2.04. The van der Waals surface area contributed by atoms with Crippen LogP contribution in [0.2, 0.25) is 5.02 Å². The highest BCUT2D eigenvalue weighted by Crippen LogP contribution is 2.38. The van der Waals surface area contributed by atoms with Gasteiger partial charge >= 0.3 is 0 Å². The number of hydrogen-bond donors (Lipinski definition) is 1. The smallest absolute Gasteiger partial charge is 0.226 e. The number of anilines is 1. The Morgan fingerprint density at radius 1 is 1.05 bits per heavy atom. The minimum absolute atomic E-state index is 0.0238. The van der Waals surface area contributed by atoms with Crippen LogP contribution >= 0.6 is 11.6 Å². The van der Waals surface area contributed by atoms with Crippen LogP contribution in [0.4, 0.5) is 14.5 Å². The lowest BCUT2D eigenvalue weighted by molar-refractivity contribution is -0.138. The third-order valence-electron chi connectivity index (χ3n) is 8.37. The molecule has 0 aliphatic carbocycles. The standard InChI is InChI=1S/C31H41ClF2N4O2/c1-19-15-25(20(2)35-21(3)39)29(17-27(19)32)36-11-13-37(14-12-36)30(40)24-9-10-38(31(4,5)6)18-26(24)23-8-7-22(33)16-28(23)34/h7-8,15-17,20,24,26H,9-14,18H2,1-6H3,(H,35,39)/t20?,24-,26+/m1/s1. The Bertz CT molecular complexity index is 1260. The molecule has 0 spiro atoms. The quantitative estimate of drug-likeness (QED) is 0.499. The first-order valence-electron chi connectivity index (χ1n) is 14.1. The van der Waals surface area contributed by atoms with E-state index in [4.69, 9.17) is 11.6 Å². The van der Waals surface area contributed by atoms with E-state index in [1.807, 2.05) is 30.9 Å². The van der Waals surface area contributed by atoms with Crippen LogP contribution in [0.15, 0.2) is 30.3 Å². The maximum atomic E-state index is 15.0. The molecule has 2 aliphatic heterocycles. The lowest BCUT2D eigenvalue weighted by Crippen LogP contribution is -2.55. The van der Waals surface area contributed by atoms with E-state index >= 15 is 0 Å². The summed E-state index contributed by atoms with van der Waals surface area (Å²) in [6.07, 6.45) is 0.615. The zero-order valence-corrected chi connectivity index (χ0v) is 25.1. The number of nitrogens with zero attached hydrogens (tertiary/aromatic N) is 3. The summed E-state index contributed by atoms with van der Waals surface area (Å²) in [5, 5.41) is 3.62. The fourth-order valence-electron chi connectivity index (χ4n) is 6.07. The summed E-state index contributed by atoms with van der Waals surface area (Å²) in [6, 6.07) is 7.46. The normalized spacial score (nSPS) is 21.3. The van der Waals surface area contributed by atoms with Gasteiger partial charge in [-0.2, -0.15) is 0 Å². The Morgan fingerprint density at radius 3 is 2.33 bits per heavy atom. The highest BCUT2D eigenvalue weighted by atomic mass is 35.5. The molecule has 3 atom stereocenters. The zero-order chi connectivity index (χ0) is 29.4. The first-order chi connectivity index (χ1) is 18.8. The number of carbonyl (C=O) groups excluding carboxylic acids is 2. The molecule has 2 aliphatic rings. The number of rotatable bonds is 5. The van der Waals surface area contributed by atoms with E-state index in [1.54, 1.807) is 0 Å². The Morgan fingerprint density at radius 2 is 1.73 bits per heavy atom. The summed E-state index contributed by atoms with van der Waals surface area (Å²) < 4.78 is 28.7. The first-order valence-corrected chi connectivity index (χ1v) is 14.4. The van der Waals surface area contributed by atoms with Gasteiger partial charge in [-0.25, -0.2) is 8.78 Å². The summed E-state index contributed by atoms with van der Waals surface area (Å²) in [4.78, 5) is 32.0. The number of hydrogen-bond acceptors (Lipinski definition) is 4. The van der Waals surface area contributed by atoms with Crippen LogP contribution in [0.3, 0.4) is 0 Å². The van der Waals surface area contributed by atoms with Gasteiger partial charge in [-0.15, -0.1) is 0 Å². The predicted molar refractivity (Wildman–Crippen MR) is 156 cm³/mol. The average molecular weight is 575 g/mol. The van der Waals surface area contributed by atoms with Crippen molar-refractivity contribution in [2.45, 2.75) is 65.5 Å². The number of likely N-dealkylation sites (tertiary alicyclic amines) is 1. The van der Waals surface area contributed by atoms with Crippen molar-refractivity contribution in [1.82, 2.24) is 15.1 Å². The minimum Gasteiger partial charge on any atom is -0.368 e. The van der Waals surface area contributed by atoms with Crippen LogP contribution in [0, 0.1) is 24.5 Å². The molecule has 0 saturated carbocycles. The van der Waals surface area contributed by atoms with Crippen molar-refractivity contribution in [3.8, 4) is 0 Å². The van der Waals surface area contributed by atoms with Crippen LogP contribution in [0.25, 0.3) is 0 Å². The predicted octanol–water partition coefficient (Wildman–Crippen LogP) is 5.68. The topological polar surface area (TPSA) is 55.9 Å². The first kappa shape index (κ1) is 30.3. The van der Waals surface area contributed by atoms with E-state index in [0.29, 0.717) is 49.7 Å². The molecule has 2 amide bonds. The van der Waals surface area contributed by atoms with E-state index in [0.717, 1.165) is 29.4 Å². The van der Waals surface area contributed by atoms with Gasteiger partial charge in [0.2, 0.25) is 11.8 Å². The number of nitrogens with one attached hydrogen (secondary N) is 1.